The maximum Gasteiger partial charge on any atom is 0.339 e. The first kappa shape index (κ1) is 7.16. The van der Waals surface area contributed by atoms with E-state index < -0.39 is 0 Å². The van der Waals surface area contributed by atoms with Crippen LogP contribution in [-0.4, -0.2) is 5.97 Å². The molecule has 2 N–H and O–H groups in total. The molecule has 0 saturated heterocycles. The molecular formula is C9H9NO2. The molecule has 3 heteroatoms. The molecule has 1 aromatic carbocycles. The zero-order valence-corrected chi connectivity index (χ0v) is 6.70. The number of carbonyl (C=O) groups is 1. The number of benzene rings is 1. The molecule has 3 nitrogen and oxygen atoms in total. The number of hydrogen-bond donors (Lipinski definition) is 1. The number of cyclic esters (lactones) is 1. The standard InChI is InChI=1S/C9H9NO2/c1-5-8-6(9(11)12-5)3-2-4-7(8)10/h2-5H,10H2,1H3/t5-/m1/s1. The summed E-state index contributed by atoms with van der Waals surface area (Å²) in [4.78, 5) is 11.2. The van der Waals surface area contributed by atoms with Crippen LogP contribution in [-0.2, 0) is 4.74 Å². The number of anilines is 1. The van der Waals surface area contributed by atoms with Crippen molar-refractivity contribution in [2.75, 3.05) is 5.73 Å². The van der Waals surface area contributed by atoms with Crippen LogP contribution in [0.5, 0.6) is 0 Å². The molecule has 0 aromatic heterocycles. The monoisotopic (exact) mass is 163 g/mol. The second-order valence-electron chi connectivity index (χ2n) is 2.86. The van der Waals surface area contributed by atoms with Crippen molar-refractivity contribution in [3.63, 3.8) is 0 Å². The highest BCUT2D eigenvalue weighted by molar-refractivity contribution is 5.95. The van der Waals surface area contributed by atoms with Crippen LogP contribution in [0.4, 0.5) is 5.69 Å². The van der Waals surface area contributed by atoms with Crippen molar-refractivity contribution in [3.8, 4) is 0 Å². The highest BCUT2D eigenvalue weighted by atomic mass is 16.5. The molecule has 0 saturated carbocycles. The van der Waals surface area contributed by atoms with Gasteiger partial charge >= 0.3 is 5.97 Å². The fourth-order valence-electron chi connectivity index (χ4n) is 1.50. The van der Waals surface area contributed by atoms with E-state index in [1.807, 2.05) is 6.92 Å². The van der Waals surface area contributed by atoms with E-state index in [4.69, 9.17) is 10.5 Å². The van der Waals surface area contributed by atoms with Crippen LogP contribution in [0.1, 0.15) is 28.9 Å². The van der Waals surface area contributed by atoms with Gasteiger partial charge in [-0.25, -0.2) is 4.79 Å². The van der Waals surface area contributed by atoms with Crippen molar-refractivity contribution in [1.29, 1.82) is 0 Å². The topological polar surface area (TPSA) is 52.3 Å². The van der Waals surface area contributed by atoms with Crippen LogP contribution >= 0.6 is 0 Å². The Labute approximate surface area is 70.1 Å². The second kappa shape index (κ2) is 2.24. The lowest BCUT2D eigenvalue weighted by Gasteiger charge is -2.04. The number of hydrogen-bond acceptors (Lipinski definition) is 3. The maximum absolute atomic E-state index is 11.2. The second-order valence-corrected chi connectivity index (χ2v) is 2.86. The van der Waals surface area contributed by atoms with Crippen LogP contribution in [0.3, 0.4) is 0 Å². The molecule has 1 atom stereocenters. The van der Waals surface area contributed by atoms with E-state index in [1.54, 1.807) is 18.2 Å². The van der Waals surface area contributed by atoms with Crippen molar-refractivity contribution in [3.05, 3.63) is 29.3 Å². The summed E-state index contributed by atoms with van der Waals surface area (Å²) in [5, 5.41) is 0. The van der Waals surface area contributed by atoms with Crippen molar-refractivity contribution in [2.24, 2.45) is 0 Å². The van der Waals surface area contributed by atoms with Crippen molar-refractivity contribution in [1.82, 2.24) is 0 Å². The molecule has 1 aliphatic heterocycles. The number of nitrogens with two attached hydrogens (primary N) is 1. The molecule has 0 spiro atoms. The summed E-state index contributed by atoms with van der Waals surface area (Å²) in [6, 6.07) is 5.27. The maximum atomic E-state index is 11.2. The molecule has 12 heavy (non-hydrogen) atoms. The van der Waals surface area contributed by atoms with Gasteiger partial charge < -0.3 is 10.5 Å². The first-order valence-electron chi connectivity index (χ1n) is 3.79. The minimum absolute atomic E-state index is 0.200. The SMILES string of the molecule is C[C@H]1OC(=O)c2cccc(N)c21. The van der Waals surface area contributed by atoms with Crippen molar-refractivity contribution in [2.45, 2.75) is 13.0 Å². The Morgan fingerprint density at radius 2 is 2.25 bits per heavy atom. The summed E-state index contributed by atoms with van der Waals surface area (Å²) in [6.07, 6.45) is -0.200. The Kier molecular flexibility index (Phi) is 1.33. The summed E-state index contributed by atoms with van der Waals surface area (Å²) in [5.41, 5.74) is 7.74. The fraction of sp³-hybridized carbons (Fsp3) is 0.222. The van der Waals surface area contributed by atoms with Gasteiger partial charge in [0.15, 0.2) is 0 Å². The molecule has 1 aromatic rings. The van der Waals surface area contributed by atoms with E-state index in [0.717, 1.165) is 5.56 Å². The molecule has 1 heterocycles. The van der Waals surface area contributed by atoms with E-state index >= 15 is 0 Å². The summed E-state index contributed by atoms with van der Waals surface area (Å²) in [6.45, 7) is 1.82. The third-order valence-corrected chi connectivity index (χ3v) is 2.05. The lowest BCUT2D eigenvalue weighted by molar-refractivity contribution is 0.0422. The summed E-state index contributed by atoms with van der Waals surface area (Å²) in [5.74, 6) is -0.273. The average molecular weight is 163 g/mol. The molecule has 0 radical (unpaired) electrons. The van der Waals surface area contributed by atoms with Gasteiger partial charge in [-0.05, 0) is 19.1 Å². The molecule has 0 fully saturated rings. The van der Waals surface area contributed by atoms with Gasteiger partial charge in [0.1, 0.15) is 6.10 Å². The van der Waals surface area contributed by atoms with Gasteiger partial charge in [0.2, 0.25) is 0 Å². The molecule has 2 rings (SSSR count). The van der Waals surface area contributed by atoms with Crippen molar-refractivity contribution >= 4 is 11.7 Å². The van der Waals surface area contributed by atoms with Gasteiger partial charge in [-0.2, -0.15) is 0 Å². The highest BCUT2D eigenvalue weighted by Crippen LogP contribution is 2.33. The van der Waals surface area contributed by atoms with Crippen LogP contribution in [0, 0.1) is 0 Å². The Morgan fingerprint density at radius 1 is 1.50 bits per heavy atom. The number of esters is 1. The number of carbonyl (C=O) groups excluding carboxylic acids is 1. The van der Waals surface area contributed by atoms with Gasteiger partial charge in [-0.3, -0.25) is 0 Å². The molecule has 0 aliphatic carbocycles. The summed E-state index contributed by atoms with van der Waals surface area (Å²) < 4.78 is 4.99. The zero-order chi connectivity index (χ0) is 8.72. The number of nitrogen functional groups attached to an aromatic ring is 1. The van der Waals surface area contributed by atoms with E-state index in [1.165, 1.54) is 0 Å². The minimum atomic E-state index is -0.273. The Morgan fingerprint density at radius 3 is 2.92 bits per heavy atom. The largest absolute Gasteiger partial charge is 0.454 e. The molecule has 1 aliphatic rings. The minimum Gasteiger partial charge on any atom is -0.454 e. The van der Waals surface area contributed by atoms with Crippen LogP contribution in [0.25, 0.3) is 0 Å². The predicted molar refractivity (Wildman–Crippen MR) is 44.7 cm³/mol. The third-order valence-electron chi connectivity index (χ3n) is 2.05. The van der Waals surface area contributed by atoms with Gasteiger partial charge in [-0.15, -0.1) is 0 Å². The molecule has 0 bridgehead atoms. The molecule has 0 unspecified atom stereocenters. The quantitative estimate of drug-likeness (QED) is 0.465. The molecule has 0 amide bonds. The van der Waals surface area contributed by atoms with E-state index in [9.17, 15) is 4.79 Å². The average Bonchev–Trinajstić information content (AvgIpc) is 2.29. The first-order chi connectivity index (χ1) is 5.70. The predicted octanol–water partition coefficient (Wildman–Crippen LogP) is 1.50. The van der Waals surface area contributed by atoms with Crippen LogP contribution in [0.15, 0.2) is 18.2 Å². The van der Waals surface area contributed by atoms with Gasteiger partial charge in [0, 0.05) is 11.3 Å². The van der Waals surface area contributed by atoms with Crippen LogP contribution < -0.4 is 5.73 Å². The summed E-state index contributed by atoms with van der Waals surface area (Å²) in [7, 11) is 0. The van der Waals surface area contributed by atoms with E-state index in [-0.39, 0.29) is 12.1 Å². The zero-order valence-electron chi connectivity index (χ0n) is 6.70. The molecular weight excluding hydrogens is 154 g/mol. The fourth-order valence-corrected chi connectivity index (χ4v) is 1.50. The summed E-state index contributed by atoms with van der Waals surface area (Å²) >= 11 is 0. The Bertz CT molecular complexity index is 346. The highest BCUT2D eigenvalue weighted by Gasteiger charge is 2.28. The van der Waals surface area contributed by atoms with Crippen molar-refractivity contribution < 1.29 is 9.53 Å². The first-order valence-corrected chi connectivity index (χ1v) is 3.79. The Balaban J connectivity index is 2.67. The van der Waals surface area contributed by atoms with Gasteiger partial charge in [0.25, 0.3) is 0 Å². The lowest BCUT2D eigenvalue weighted by Crippen LogP contribution is -1.95. The van der Waals surface area contributed by atoms with Gasteiger partial charge in [-0.1, -0.05) is 6.07 Å². The third kappa shape index (κ3) is 0.794. The van der Waals surface area contributed by atoms with Crippen LogP contribution in [0.2, 0.25) is 0 Å². The number of rotatable bonds is 0. The van der Waals surface area contributed by atoms with Gasteiger partial charge in [0.05, 0.1) is 5.56 Å². The van der Waals surface area contributed by atoms with E-state index in [2.05, 4.69) is 0 Å². The normalized spacial score (nSPS) is 20.4. The smallest absolute Gasteiger partial charge is 0.339 e. The Hall–Kier alpha value is -1.51. The lowest BCUT2D eigenvalue weighted by atomic mass is 10.0. The molecule has 62 valence electrons. The number of ether oxygens (including phenoxy) is 1. The number of fused-ring (bicyclic) bond motifs is 1. The van der Waals surface area contributed by atoms with E-state index in [0.29, 0.717) is 11.3 Å².